The summed E-state index contributed by atoms with van der Waals surface area (Å²) < 4.78 is 2.02. The molecule has 22 heavy (non-hydrogen) atoms. The first-order valence-corrected chi connectivity index (χ1v) is 8.69. The second kappa shape index (κ2) is 5.25. The Bertz CT molecular complexity index is 678. The van der Waals surface area contributed by atoms with Crippen LogP contribution in [-0.4, -0.2) is 38.7 Å². The van der Waals surface area contributed by atoms with Crippen molar-refractivity contribution in [3.63, 3.8) is 0 Å². The number of aliphatic hydroxyl groups is 1. The quantitative estimate of drug-likeness (QED) is 0.926. The van der Waals surface area contributed by atoms with Crippen molar-refractivity contribution in [2.45, 2.75) is 50.8 Å². The second-order valence-electron chi connectivity index (χ2n) is 6.39. The van der Waals surface area contributed by atoms with E-state index in [2.05, 4.69) is 0 Å². The zero-order valence-corrected chi connectivity index (χ0v) is 13.4. The van der Waals surface area contributed by atoms with Crippen molar-refractivity contribution in [1.29, 1.82) is 0 Å². The van der Waals surface area contributed by atoms with Gasteiger partial charge in [0.05, 0.1) is 11.7 Å². The third kappa shape index (κ3) is 2.20. The van der Waals surface area contributed by atoms with Gasteiger partial charge in [0.2, 0.25) is 0 Å². The maximum Gasteiger partial charge on any atom is 0.257 e. The summed E-state index contributed by atoms with van der Waals surface area (Å²) in [6.07, 6.45) is 7.22. The van der Waals surface area contributed by atoms with Crippen LogP contribution < -0.4 is 0 Å². The Balaban J connectivity index is 1.70. The fourth-order valence-corrected chi connectivity index (χ4v) is 4.90. The van der Waals surface area contributed by atoms with Gasteiger partial charge in [-0.25, -0.2) is 0 Å². The highest BCUT2D eigenvalue weighted by atomic mass is 32.1. The molecule has 2 aromatic rings. The van der Waals surface area contributed by atoms with Crippen molar-refractivity contribution in [3.8, 4) is 5.00 Å². The molecule has 0 radical (unpaired) electrons. The van der Waals surface area contributed by atoms with Crippen LogP contribution in [0.15, 0.2) is 30.6 Å². The van der Waals surface area contributed by atoms with E-state index < -0.39 is 0 Å². The van der Waals surface area contributed by atoms with Gasteiger partial charge in [-0.05, 0) is 50.8 Å². The van der Waals surface area contributed by atoms with Crippen LogP contribution in [0.4, 0.5) is 0 Å². The standard InChI is InChI=1S/C17H20N2O2S/c1-11-8-15(17(22-11)18-6-2-3-7-18)16(21)19-12-4-5-13(19)10-14(20)9-12/h2-3,6-8,12-14,20H,4-5,9-10H2,1H3. The molecule has 0 spiro atoms. The van der Waals surface area contributed by atoms with Gasteiger partial charge in [0, 0.05) is 29.4 Å². The topological polar surface area (TPSA) is 45.5 Å². The van der Waals surface area contributed by atoms with Gasteiger partial charge in [0.15, 0.2) is 0 Å². The van der Waals surface area contributed by atoms with E-state index in [1.807, 2.05) is 47.0 Å². The summed E-state index contributed by atoms with van der Waals surface area (Å²) >= 11 is 1.65. The number of thiophene rings is 1. The first-order chi connectivity index (χ1) is 10.6. The maximum atomic E-state index is 13.1. The van der Waals surface area contributed by atoms with Gasteiger partial charge in [-0.2, -0.15) is 0 Å². The third-order valence-corrected chi connectivity index (χ3v) is 5.91. The predicted octanol–water partition coefficient (Wildman–Crippen LogP) is 2.98. The van der Waals surface area contributed by atoms with Crippen molar-refractivity contribution in [2.75, 3.05) is 0 Å². The summed E-state index contributed by atoms with van der Waals surface area (Å²) in [5.74, 6) is 0.132. The molecule has 0 aromatic carbocycles. The van der Waals surface area contributed by atoms with Crippen LogP contribution in [0.3, 0.4) is 0 Å². The van der Waals surface area contributed by atoms with Gasteiger partial charge in [-0.1, -0.05) is 0 Å². The fourth-order valence-electron chi connectivity index (χ4n) is 3.94. The summed E-state index contributed by atoms with van der Waals surface area (Å²) in [4.78, 5) is 16.3. The Morgan fingerprint density at radius 2 is 1.86 bits per heavy atom. The molecule has 1 amide bonds. The number of nitrogens with zero attached hydrogens (tertiary/aromatic N) is 2. The number of hydrogen-bond donors (Lipinski definition) is 1. The minimum atomic E-state index is -0.241. The van der Waals surface area contributed by atoms with E-state index in [-0.39, 0.29) is 24.1 Å². The molecule has 1 N–H and O–H groups in total. The van der Waals surface area contributed by atoms with Crippen LogP contribution in [-0.2, 0) is 0 Å². The molecule has 0 aliphatic carbocycles. The number of rotatable bonds is 2. The number of carbonyl (C=O) groups excluding carboxylic acids is 1. The number of hydrogen-bond acceptors (Lipinski definition) is 3. The highest BCUT2D eigenvalue weighted by molar-refractivity contribution is 7.14. The molecule has 2 fully saturated rings. The molecule has 2 saturated heterocycles. The Kier molecular flexibility index (Phi) is 3.35. The summed E-state index contributed by atoms with van der Waals surface area (Å²) in [6, 6.07) is 6.37. The molecule has 0 saturated carbocycles. The van der Waals surface area contributed by atoms with Gasteiger partial charge in [0.1, 0.15) is 5.00 Å². The Labute approximate surface area is 134 Å². The van der Waals surface area contributed by atoms with Crippen molar-refractivity contribution in [2.24, 2.45) is 0 Å². The zero-order valence-electron chi connectivity index (χ0n) is 12.6. The molecule has 4 nitrogen and oxygen atoms in total. The SMILES string of the molecule is Cc1cc(C(=O)N2C3CCC2CC(O)C3)c(-n2cccc2)s1. The summed E-state index contributed by atoms with van der Waals surface area (Å²) in [7, 11) is 0. The largest absolute Gasteiger partial charge is 0.393 e. The lowest BCUT2D eigenvalue weighted by molar-refractivity contribution is 0.0287. The molecule has 2 bridgehead atoms. The molecule has 2 aliphatic rings. The summed E-state index contributed by atoms with van der Waals surface area (Å²) in [5.41, 5.74) is 0.798. The average molecular weight is 316 g/mol. The molecular formula is C17H20N2O2S. The van der Waals surface area contributed by atoms with Crippen LogP contribution in [0.25, 0.3) is 5.00 Å². The van der Waals surface area contributed by atoms with Gasteiger partial charge < -0.3 is 14.6 Å². The zero-order chi connectivity index (χ0) is 15.3. The van der Waals surface area contributed by atoms with Gasteiger partial charge >= 0.3 is 0 Å². The van der Waals surface area contributed by atoms with Crippen LogP contribution in [0.1, 0.15) is 40.9 Å². The van der Waals surface area contributed by atoms with Crippen molar-refractivity contribution in [1.82, 2.24) is 9.47 Å². The van der Waals surface area contributed by atoms with E-state index in [9.17, 15) is 9.90 Å². The second-order valence-corrected chi connectivity index (χ2v) is 7.62. The van der Waals surface area contributed by atoms with Crippen molar-refractivity contribution >= 4 is 17.2 Å². The molecule has 2 aliphatic heterocycles. The van der Waals surface area contributed by atoms with E-state index >= 15 is 0 Å². The molecule has 2 unspecified atom stereocenters. The number of aliphatic hydroxyl groups excluding tert-OH is 1. The highest BCUT2D eigenvalue weighted by Gasteiger charge is 2.43. The lowest BCUT2D eigenvalue weighted by Crippen LogP contribution is -2.48. The lowest BCUT2D eigenvalue weighted by atomic mass is 9.99. The first-order valence-electron chi connectivity index (χ1n) is 7.88. The molecule has 4 rings (SSSR count). The number of fused-ring (bicyclic) bond motifs is 2. The van der Waals surface area contributed by atoms with E-state index in [0.29, 0.717) is 0 Å². The minimum absolute atomic E-state index is 0.132. The fraction of sp³-hybridized carbons (Fsp3) is 0.471. The Morgan fingerprint density at radius 1 is 1.23 bits per heavy atom. The maximum absolute atomic E-state index is 13.1. The predicted molar refractivity (Wildman–Crippen MR) is 86.6 cm³/mol. The number of amides is 1. The molecule has 5 heteroatoms. The minimum Gasteiger partial charge on any atom is -0.393 e. The van der Waals surface area contributed by atoms with Gasteiger partial charge in [0.25, 0.3) is 5.91 Å². The normalized spacial score (nSPS) is 27.4. The van der Waals surface area contributed by atoms with Crippen LogP contribution in [0, 0.1) is 6.92 Å². The van der Waals surface area contributed by atoms with Gasteiger partial charge in [-0.15, -0.1) is 11.3 Å². The molecule has 116 valence electrons. The van der Waals surface area contributed by atoms with Crippen LogP contribution in [0.5, 0.6) is 0 Å². The molecule has 2 atom stereocenters. The number of piperidine rings is 1. The van der Waals surface area contributed by atoms with E-state index in [1.54, 1.807) is 11.3 Å². The first kappa shape index (κ1) is 14.0. The Hall–Kier alpha value is -1.59. The number of aryl methyl sites for hydroxylation is 1. The molecule has 4 heterocycles. The molecule has 2 aromatic heterocycles. The van der Waals surface area contributed by atoms with Crippen LogP contribution >= 0.6 is 11.3 Å². The highest BCUT2D eigenvalue weighted by Crippen LogP contribution is 2.38. The molecular weight excluding hydrogens is 296 g/mol. The van der Waals surface area contributed by atoms with E-state index in [1.165, 1.54) is 0 Å². The third-order valence-electron chi connectivity index (χ3n) is 4.85. The smallest absolute Gasteiger partial charge is 0.257 e. The summed E-state index contributed by atoms with van der Waals surface area (Å²) in [6.45, 7) is 2.04. The van der Waals surface area contributed by atoms with E-state index in [4.69, 9.17) is 0 Å². The Morgan fingerprint density at radius 3 is 2.50 bits per heavy atom. The van der Waals surface area contributed by atoms with E-state index in [0.717, 1.165) is 41.1 Å². The van der Waals surface area contributed by atoms with Crippen LogP contribution in [0.2, 0.25) is 0 Å². The lowest BCUT2D eigenvalue weighted by Gasteiger charge is -2.37. The van der Waals surface area contributed by atoms with Crippen molar-refractivity contribution in [3.05, 3.63) is 41.0 Å². The monoisotopic (exact) mass is 316 g/mol. The summed E-state index contributed by atoms with van der Waals surface area (Å²) in [5, 5.41) is 10.9. The average Bonchev–Trinajstić information content (AvgIpc) is 3.17. The van der Waals surface area contributed by atoms with Crippen molar-refractivity contribution < 1.29 is 9.90 Å². The van der Waals surface area contributed by atoms with Gasteiger partial charge in [-0.3, -0.25) is 4.79 Å². The number of carbonyl (C=O) groups is 1. The number of aromatic nitrogens is 1.